The van der Waals surface area contributed by atoms with Crippen LogP contribution in [0, 0.1) is 0 Å². The molecule has 1 atom stereocenters. The summed E-state index contributed by atoms with van der Waals surface area (Å²) < 4.78 is 63.3. The molecule has 2 heterocycles. The summed E-state index contributed by atoms with van der Waals surface area (Å²) in [5.41, 5.74) is 0.192. The Morgan fingerprint density at radius 3 is 2.32 bits per heavy atom. The van der Waals surface area contributed by atoms with Crippen molar-refractivity contribution < 1.29 is 31.4 Å². The number of aliphatic hydroxyl groups is 1. The first-order valence-electron chi connectivity index (χ1n) is 10.2. The van der Waals surface area contributed by atoms with Crippen molar-refractivity contribution in [2.45, 2.75) is 25.0 Å². The van der Waals surface area contributed by atoms with Crippen LogP contribution in [-0.2, 0) is 26.9 Å². The van der Waals surface area contributed by atoms with Crippen molar-refractivity contribution in [2.24, 2.45) is 7.05 Å². The molecule has 0 fully saturated rings. The topological polar surface area (TPSA) is 141 Å². The second-order valence-electron chi connectivity index (χ2n) is 7.49. The second-order valence-corrected chi connectivity index (χ2v) is 11.5. The van der Waals surface area contributed by atoms with Gasteiger partial charge in [-0.05, 0) is 19.1 Å². The highest BCUT2D eigenvalue weighted by Crippen LogP contribution is 2.36. The van der Waals surface area contributed by atoms with E-state index in [1.54, 1.807) is 26.2 Å². The maximum absolute atomic E-state index is 12.6. The molecule has 0 aliphatic heterocycles. The molecule has 13 heteroatoms. The molecule has 0 saturated heterocycles. The molecule has 3 aromatic rings. The molecule has 0 radical (unpaired) electrons. The van der Waals surface area contributed by atoms with Crippen molar-refractivity contribution in [2.75, 3.05) is 22.9 Å². The normalized spacial score (nSPS) is 12.9. The number of nitrogens with zero attached hydrogens (tertiary/aromatic N) is 4. The van der Waals surface area contributed by atoms with Gasteiger partial charge >= 0.3 is 0 Å². The van der Waals surface area contributed by atoms with Crippen LogP contribution < -0.4 is 13.8 Å². The first-order chi connectivity index (χ1) is 15.9. The van der Waals surface area contributed by atoms with E-state index < -0.39 is 26.0 Å². The summed E-state index contributed by atoms with van der Waals surface area (Å²) in [5, 5.41) is 13.5. The molecule has 0 unspecified atom stereocenters. The minimum Gasteiger partial charge on any atom is -0.488 e. The first-order valence-corrected chi connectivity index (χ1v) is 13.7. The van der Waals surface area contributed by atoms with E-state index in [1.807, 2.05) is 0 Å². The Balaban J connectivity index is 2.05. The lowest BCUT2D eigenvalue weighted by atomic mass is 10.2. The van der Waals surface area contributed by atoms with Gasteiger partial charge in [0.1, 0.15) is 23.4 Å². The molecule has 184 valence electrons. The van der Waals surface area contributed by atoms with Gasteiger partial charge in [0.25, 0.3) is 0 Å². The number of benzene rings is 1. The lowest BCUT2D eigenvalue weighted by Crippen LogP contribution is -2.25. The van der Waals surface area contributed by atoms with Crippen LogP contribution in [0.1, 0.15) is 13.8 Å². The summed E-state index contributed by atoms with van der Waals surface area (Å²) in [4.78, 5) is 3.95. The molecule has 0 aliphatic carbocycles. The minimum atomic E-state index is -3.81. The van der Waals surface area contributed by atoms with E-state index in [9.17, 15) is 21.9 Å². The van der Waals surface area contributed by atoms with Crippen LogP contribution >= 0.6 is 0 Å². The Hall–Kier alpha value is -3.16. The molecule has 0 saturated carbocycles. The van der Waals surface area contributed by atoms with E-state index >= 15 is 0 Å². The molecule has 0 spiro atoms. The van der Waals surface area contributed by atoms with Gasteiger partial charge in [0.15, 0.2) is 20.7 Å². The van der Waals surface area contributed by atoms with E-state index in [-0.39, 0.29) is 46.1 Å². The largest absolute Gasteiger partial charge is 0.488 e. The number of hydrogen-bond donors (Lipinski definition) is 1. The fourth-order valence-electron chi connectivity index (χ4n) is 2.97. The SMILES string of the molecule is CCS(=O)(=O)c1ccc(Oc2cc(O[C@@H](C)CO)cc(N(c3ccn(C)n3)S(C)(=O)=O)c2)cn1. The van der Waals surface area contributed by atoms with E-state index in [4.69, 9.17) is 9.47 Å². The van der Waals surface area contributed by atoms with E-state index in [0.29, 0.717) is 0 Å². The number of hydrogen-bond acceptors (Lipinski definition) is 9. The maximum Gasteiger partial charge on any atom is 0.237 e. The number of aliphatic hydroxyl groups excluding tert-OH is 1. The van der Waals surface area contributed by atoms with Gasteiger partial charge in [-0.1, -0.05) is 6.92 Å². The summed E-state index contributed by atoms with van der Waals surface area (Å²) in [6.45, 7) is 2.92. The van der Waals surface area contributed by atoms with Gasteiger partial charge in [-0.15, -0.1) is 0 Å². The van der Waals surface area contributed by atoms with Crippen LogP contribution in [-0.4, -0.2) is 61.4 Å². The van der Waals surface area contributed by atoms with Crippen LogP contribution in [0.15, 0.2) is 53.8 Å². The van der Waals surface area contributed by atoms with Crippen molar-refractivity contribution in [3.05, 3.63) is 48.8 Å². The number of pyridine rings is 1. The van der Waals surface area contributed by atoms with Crippen LogP contribution in [0.4, 0.5) is 11.5 Å². The van der Waals surface area contributed by atoms with Crippen LogP contribution in [0.25, 0.3) is 0 Å². The molecule has 11 nitrogen and oxygen atoms in total. The maximum atomic E-state index is 12.6. The molecular formula is C21H26N4O7S2. The molecule has 0 bridgehead atoms. The lowest BCUT2D eigenvalue weighted by Gasteiger charge is -2.22. The van der Waals surface area contributed by atoms with E-state index in [2.05, 4.69) is 10.1 Å². The van der Waals surface area contributed by atoms with Gasteiger partial charge in [-0.25, -0.2) is 26.1 Å². The zero-order chi connectivity index (χ0) is 25.1. The molecule has 2 aromatic heterocycles. The summed E-state index contributed by atoms with van der Waals surface area (Å²) >= 11 is 0. The Morgan fingerprint density at radius 1 is 1.09 bits per heavy atom. The van der Waals surface area contributed by atoms with Crippen molar-refractivity contribution in [1.29, 1.82) is 0 Å². The second kappa shape index (κ2) is 9.99. The summed E-state index contributed by atoms with van der Waals surface area (Å²) in [6, 6.07) is 8.81. The van der Waals surface area contributed by atoms with Gasteiger partial charge in [0.05, 0.1) is 30.5 Å². The fraction of sp³-hybridized carbons (Fsp3) is 0.333. The van der Waals surface area contributed by atoms with Crippen molar-refractivity contribution in [3.8, 4) is 17.2 Å². The zero-order valence-electron chi connectivity index (χ0n) is 19.1. The van der Waals surface area contributed by atoms with E-state index in [0.717, 1.165) is 10.6 Å². The number of sulfonamides is 1. The molecule has 0 aliphatic rings. The Bertz CT molecular complexity index is 1350. The molecule has 3 rings (SSSR count). The fourth-order valence-corrected chi connectivity index (χ4v) is 4.68. The minimum absolute atomic E-state index is 0.0738. The predicted molar refractivity (Wildman–Crippen MR) is 126 cm³/mol. The Kier molecular flexibility index (Phi) is 7.48. The zero-order valence-corrected chi connectivity index (χ0v) is 20.7. The summed E-state index contributed by atoms with van der Waals surface area (Å²) in [6.07, 6.45) is 3.35. The quantitative estimate of drug-likeness (QED) is 0.435. The highest BCUT2D eigenvalue weighted by atomic mass is 32.2. The number of aromatic nitrogens is 3. The van der Waals surface area contributed by atoms with Crippen LogP contribution in [0.2, 0.25) is 0 Å². The monoisotopic (exact) mass is 510 g/mol. The average Bonchev–Trinajstić information content (AvgIpc) is 3.18. The van der Waals surface area contributed by atoms with Crippen molar-refractivity contribution in [1.82, 2.24) is 14.8 Å². The number of aryl methyl sites for hydroxylation is 1. The number of anilines is 2. The number of ether oxygens (including phenoxy) is 2. The standard InChI is InChI=1S/C21H26N4O7S2/c1-5-34(29,30)21-7-6-17(13-22-21)32-19-11-16(10-18(12-19)31-15(2)14-26)25(33(4,27)28)20-8-9-24(3)23-20/h6-13,15,26H,5,14H2,1-4H3/t15-/m0/s1. The molecule has 1 aromatic carbocycles. The highest BCUT2D eigenvalue weighted by Gasteiger charge is 2.24. The van der Waals surface area contributed by atoms with Crippen LogP contribution in [0.5, 0.6) is 17.2 Å². The average molecular weight is 511 g/mol. The molecular weight excluding hydrogens is 484 g/mol. The molecule has 34 heavy (non-hydrogen) atoms. The number of sulfone groups is 1. The van der Waals surface area contributed by atoms with Crippen molar-refractivity contribution >= 4 is 31.4 Å². The molecule has 0 amide bonds. The van der Waals surface area contributed by atoms with Gasteiger partial charge in [0.2, 0.25) is 10.0 Å². The van der Waals surface area contributed by atoms with Crippen LogP contribution in [0.3, 0.4) is 0 Å². The third-order valence-corrected chi connectivity index (χ3v) is 7.28. The van der Waals surface area contributed by atoms with Gasteiger partial charge in [-0.3, -0.25) is 4.68 Å². The van der Waals surface area contributed by atoms with Gasteiger partial charge < -0.3 is 14.6 Å². The van der Waals surface area contributed by atoms with Crippen molar-refractivity contribution in [3.63, 3.8) is 0 Å². The Morgan fingerprint density at radius 2 is 1.79 bits per heavy atom. The molecule has 1 N–H and O–H groups in total. The Labute approximate surface area is 198 Å². The van der Waals surface area contributed by atoms with E-state index in [1.165, 1.54) is 48.1 Å². The number of rotatable bonds is 10. The lowest BCUT2D eigenvalue weighted by molar-refractivity contribution is 0.129. The summed E-state index contributed by atoms with van der Waals surface area (Å²) in [7, 11) is -5.61. The highest BCUT2D eigenvalue weighted by molar-refractivity contribution is 7.92. The summed E-state index contributed by atoms with van der Waals surface area (Å²) in [5.74, 6) is 0.768. The third kappa shape index (κ3) is 6.04. The van der Waals surface area contributed by atoms with Gasteiger partial charge in [0, 0.05) is 37.5 Å². The first kappa shape index (κ1) is 25.5. The smallest absolute Gasteiger partial charge is 0.237 e. The third-order valence-electron chi connectivity index (χ3n) is 4.58. The van der Waals surface area contributed by atoms with Gasteiger partial charge in [-0.2, -0.15) is 5.10 Å². The predicted octanol–water partition coefficient (Wildman–Crippen LogP) is 2.26.